The van der Waals surface area contributed by atoms with E-state index in [-0.39, 0.29) is 11.8 Å². The van der Waals surface area contributed by atoms with Gasteiger partial charge in [-0.2, -0.15) is 0 Å². The van der Waals surface area contributed by atoms with Crippen LogP contribution < -0.4 is 5.73 Å². The first-order valence-corrected chi connectivity index (χ1v) is 5.93. The molecule has 88 valence electrons. The molecule has 0 amide bonds. The highest BCUT2D eigenvalue weighted by atomic mass is 16.1. The highest BCUT2D eigenvalue weighted by Crippen LogP contribution is 2.13. The van der Waals surface area contributed by atoms with Gasteiger partial charge in [0.05, 0.1) is 6.04 Å². The van der Waals surface area contributed by atoms with Gasteiger partial charge in [0.1, 0.15) is 0 Å². The molecule has 1 rings (SSSR count). The van der Waals surface area contributed by atoms with Crippen molar-refractivity contribution in [2.45, 2.75) is 46.1 Å². The van der Waals surface area contributed by atoms with E-state index in [0.717, 1.165) is 30.4 Å². The summed E-state index contributed by atoms with van der Waals surface area (Å²) >= 11 is 0. The third-order valence-corrected chi connectivity index (χ3v) is 3.00. The third-order valence-electron chi connectivity index (χ3n) is 3.00. The van der Waals surface area contributed by atoms with E-state index in [1.54, 1.807) is 0 Å². The number of ketones is 1. The molecule has 0 fully saturated rings. The average molecular weight is 219 g/mol. The number of aryl methyl sites for hydroxylation is 2. The summed E-state index contributed by atoms with van der Waals surface area (Å²) in [7, 11) is 0. The van der Waals surface area contributed by atoms with Crippen LogP contribution >= 0.6 is 0 Å². The molecule has 1 aromatic rings. The van der Waals surface area contributed by atoms with Gasteiger partial charge in [0.25, 0.3) is 0 Å². The Kier molecular flexibility index (Phi) is 4.69. The zero-order chi connectivity index (χ0) is 12.1. The summed E-state index contributed by atoms with van der Waals surface area (Å²) in [5.74, 6) is 0.0663. The molecule has 16 heavy (non-hydrogen) atoms. The largest absolute Gasteiger partial charge is 0.321 e. The van der Waals surface area contributed by atoms with Crippen LogP contribution in [-0.4, -0.2) is 11.8 Å². The standard InChI is InChI=1S/C14H21NO/c1-4-5-6-13(15)14(16)12-8-7-10(2)11(3)9-12/h7-9,13H,4-6,15H2,1-3H3. The van der Waals surface area contributed by atoms with Crippen LogP contribution in [0.4, 0.5) is 0 Å². The topological polar surface area (TPSA) is 43.1 Å². The maximum Gasteiger partial charge on any atom is 0.179 e. The first-order chi connectivity index (χ1) is 7.56. The highest BCUT2D eigenvalue weighted by molar-refractivity contribution is 6.00. The van der Waals surface area contributed by atoms with Crippen LogP contribution in [0.15, 0.2) is 18.2 Å². The fraction of sp³-hybridized carbons (Fsp3) is 0.500. The molecule has 1 aromatic carbocycles. The van der Waals surface area contributed by atoms with Gasteiger partial charge in [-0.05, 0) is 37.5 Å². The van der Waals surface area contributed by atoms with E-state index in [1.807, 2.05) is 32.0 Å². The normalized spacial score (nSPS) is 12.5. The van der Waals surface area contributed by atoms with Crippen molar-refractivity contribution in [2.24, 2.45) is 5.73 Å². The summed E-state index contributed by atoms with van der Waals surface area (Å²) in [5.41, 5.74) is 8.97. The second-order valence-corrected chi connectivity index (χ2v) is 4.41. The fourth-order valence-corrected chi connectivity index (χ4v) is 1.66. The van der Waals surface area contributed by atoms with Gasteiger partial charge in [0.15, 0.2) is 5.78 Å². The summed E-state index contributed by atoms with van der Waals surface area (Å²) in [5, 5.41) is 0. The molecule has 0 aromatic heterocycles. The summed E-state index contributed by atoms with van der Waals surface area (Å²) in [6, 6.07) is 5.44. The lowest BCUT2D eigenvalue weighted by Gasteiger charge is -2.11. The maximum atomic E-state index is 12.0. The van der Waals surface area contributed by atoms with Crippen LogP contribution in [0.25, 0.3) is 0 Å². The van der Waals surface area contributed by atoms with Gasteiger partial charge in [0, 0.05) is 5.56 Å². The quantitative estimate of drug-likeness (QED) is 0.774. The number of benzene rings is 1. The number of hydrogen-bond donors (Lipinski definition) is 1. The molecule has 0 aliphatic rings. The molecular weight excluding hydrogens is 198 g/mol. The number of carbonyl (C=O) groups is 1. The van der Waals surface area contributed by atoms with Crippen molar-refractivity contribution >= 4 is 5.78 Å². The Hall–Kier alpha value is -1.15. The molecule has 0 bridgehead atoms. The van der Waals surface area contributed by atoms with E-state index < -0.39 is 0 Å². The fourth-order valence-electron chi connectivity index (χ4n) is 1.66. The molecule has 1 unspecified atom stereocenters. The Balaban J connectivity index is 2.76. The number of Topliss-reactive ketones (excluding diaryl/α,β-unsaturated/α-hetero) is 1. The molecule has 0 saturated heterocycles. The van der Waals surface area contributed by atoms with E-state index in [1.165, 1.54) is 5.56 Å². The molecular formula is C14H21NO. The van der Waals surface area contributed by atoms with Crippen molar-refractivity contribution in [3.63, 3.8) is 0 Å². The van der Waals surface area contributed by atoms with Crippen molar-refractivity contribution in [2.75, 3.05) is 0 Å². The van der Waals surface area contributed by atoms with Gasteiger partial charge in [0.2, 0.25) is 0 Å². The van der Waals surface area contributed by atoms with Crippen LogP contribution in [0.1, 0.15) is 47.7 Å². The predicted octanol–water partition coefficient (Wildman–Crippen LogP) is 3.00. The van der Waals surface area contributed by atoms with Crippen molar-refractivity contribution in [1.29, 1.82) is 0 Å². The van der Waals surface area contributed by atoms with E-state index >= 15 is 0 Å². The summed E-state index contributed by atoms with van der Waals surface area (Å²) in [6.45, 7) is 6.16. The average Bonchev–Trinajstić information content (AvgIpc) is 2.28. The molecule has 0 aliphatic carbocycles. The zero-order valence-electron chi connectivity index (χ0n) is 10.4. The van der Waals surface area contributed by atoms with Gasteiger partial charge < -0.3 is 5.73 Å². The van der Waals surface area contributed by atoms with Crippen LogP contribution in [0, 0.1) is 13.8 Å². The minimum Gasteiger partial charge on any atom is -0.321 e. The van der Waals surface area contributed by atoms with Crippen molar-refractivity contribution in [1.82, 2.24) is 0 Å². The van der Waals surface area contributed by atoms with Gasteiger partial charge >= 0.3 is 0 Å². The van der Waals surface area contributed by atoms with Crippen LogP contribution in [0.5, 0.6) is 0 Å². The number of unbranched alkanes of at least 4 members (excludes halogenated alkanes) is 1. The Morgan fingerprint density at radius 2 is 2.00 bits per heavy atom. The van der Waals surface area contributed by atoms with Gasteiger partial charge in [-0.15, -0.1) is 0 Å². The number of carbonyl (C=O) groups excluding carboxylic acids is 1. The zero-order valence-corrected chi connectivity index (χ0v) is 10.4. The van der Waals surface area contributed by atoms with Crippen LogP contribution in [0.3, 0.4) is 0 Å². The van der Waals surface area contributed by atoms with Crippen molar-refractivity contribution in [3.8, 4) is 0 Å². The molecule has 2 N–H and O–H groups in total. The molecule has 0 heterocycles. The number of hydrogen-bond acceptors (Lipinski definition) is 2. The van der Waals surface area contributed by atoms with Gasteiger partial charge in [-0.1, -0.05) is 31.9 Å². The number of nitrogens with two attached hydrogens (primary N) is 1. The minimum absolute atomic E-state index is 0.0663. The lowest BCUT2D eigenvalue weighted by Crippen LogP contribution is -2.30. The SMILES string of the molecule is CCCCC(N)C(=O)c1ccc(C)c(C)c1. The molecule has 2 heteroatoms. The monoisotopic (exact) mass is 219 g/mol. The second kappa shape index (κ2) is 5.80. The molecule has 0 aliphatic heterocycles. The van der Waals surface area contributed by atoms with E-state index in [9.17, 15) is 4.79 Å². The maximum absolute atomic E-state index is 12.0. The van der Waals surface area contributed by atoms with Crippen molar-refractivity contribution in [3.05, 3.63) is 34.9 Å². The Morgan fingerprint density at radius 3 is 2.56 bits per heavy atom. The molecule has 2 nitrogen and oxygen atoms in total. The summed E-state index contributed by atoms with van der Waals surface area (Å²) < 4.78 is 0. The number of rotatable bonds is 5. The lowest BCUT2D eigenvalue weighted by molar-refractivity contribution is 0.0956. The highest BCUT2D eigenvalue weighted by Gasteiger charge is 2.15. The third kappa shape index (κ3) is 3.17. The summed E-state index contributed by atoms with van der Waals surface area (Å²) in [6.07, 6.45) is 2.87. The Bertz CT molecular complexity index is 371. The Labute approximate surface area is 97.9 Å². The van der Waals surface area contributed by atoms with Crippen molar-refractivity contribution < 1.29 is 4.79 Å². The van der Waals surface area contributed by atoms with E-state index in [2.05, 4.69) is 6.92 Å². The molecule has 0 radical (unpaired) electrons. The predicted molar refractivity (Wildman–Crippen MR) is 67.7 cm³/mol. The molecule has 0 saturated carbocycles. The second-order valence-electron chi connectivity index (χ2n) is 4.41. The lowest BCUT2D eigenvalue weighted by atomic mass is 9.97. The molecule has 0 spiro atoms. The van der Waals surface area contributed by atoms with Crippen LogP contribution in [0.2, 0.25) is 0 Å². The van der Waals surface area contributed by atoms with Crippen LogP contribution in [-0.2, 0) is 0 Å². The first-order valence-electron chi connectivity index (χ1n) is 5.93. The van der Waals surface area contributed by atoms with E-state index in [0.29, 0.717) is 0 Å². The first kappa shape index (κ1) is 12.9. The molecule has 1 atom stereocenters. The summed E-state index contributed by atoms with van der Waals surface area (Å²) in [4.78, 5) is 12.0. The van der Waals surface area contributed by atoms with Gasteiger partial charge in [-0.25, -0.2) is 0 Å². The van der Waals surface area contributed by atoms with Gasteiger partial charge in [-0.3, -0.25) is 4.79 Å². The minimum atomic E-state index is -0.345. The smallest absolute Gasteiger partial charge is 0.179 e. The Morgan fingerprint density at radius 1 is 1.31 bits per heavy atom. The van der Waals surface area contributed by atoms with E-state index in [4.69, 9.17) is 5.73 Å².